The fourth-order valence-electron chi connectivity index (χ4n) is 6.95. The van der Waals surface area contributed by atoms with Crippen LogP contribution in [-0.4, -0.2) is 59.9 Å². The van der Waals surface area contributed by atoms with E-state index in [2.05, 4.69) is 42.8 Å². The molecule has 2 aliphatic rings. The Balaban J connectivity index is 1.36. The molecule has 0 radical (unpaired) electrons. The minimum Gasteiger partial charge on any atom is -0.476 e. The summed E-state index contributed by atoms with van der Waals surface area (Å²) in [6.45, 7) is 14.6. The average molecular weight is 668 g/mol. The number of nitrogens with zero attached hydrogens (tertiary/aromatic N) is 3. The third kappa shape index (κ3) is 7.71. The topological polar surface area (TPSA) is 128 Å². The van der Waals surface area contributed by atoms with Gasteiger partial charge in [-0.15, -0.1) is 0 Å². The summed E-state index contributed by atoms with van der Waals surface area (Å²) < 4.78 is 6.10. The molecular weight excluding hydrogens is 623 g/mol. The summed E-state index contributed by atoms with van der Waals surface area (Å²) in [4.78, 5) is 37.5. The van der Waals surface area contributed by atoms with Crippen molar-refractivity contribution < 1.29 is 19.4 Å². The highest BCUT2D eigenvalue weighted by atomic mass is 32.2. The number of carbonyl (C=O) groups is 2. The monoisotopic (exact) mass is 667 g/mol. The van der Waals surface area contributed by atoms with Gasteiger partial charge in [0, 0.05) is 59.7 Å². The molecule has 10 heteroatoms. The van der Waals surface area contributed by atoms with Gasteiger partial charge in [0.05, 0.1) is 11.8 Å². The predicted molar refractivity (Wildman–Crippen MR) is 194 cm³/mol. The smallest absolute Gasteiger partial charge is 0.355 e. The minimum absolute atomic E-state index is 0.0270. The molecule has 2 heterocycles. The Morgan fingerprint density at radius 3 is 2.71 bits per heavy atom. The molecule has 3 aromatic rings. The van der Waals surface area contributed by atoms with Gasteiger partial charge in [0.15, 0.2) is 5.69 Å². The molecule has 5 rings (SSSR count). The fraction of sp³-hybridized carbons (Fsp3) is 0.395. The van der Waals surface area contributed by atoms with E-state index in [-0.39, 0.29) is 22.3 Å². The molecule has 3 N–H and O–H groups in total. The lowest BCUT2D eigenvalue weighted by Gasteiger charge is -2.31. The molecule has 1 aliphatic carbocycles. The van der Waals surface area contributed by atoms with Gasteiger partial charge < -0.3 is 25.5 Å². The fourth-order valence-corrected chi connectivity index (χ4v) is 7.83. The standard InChI is InChI=1S/C38H45N5O4S/c1-6-18-47-32-20-38(4,19-24(32)2)23-41-25(3)29(21-39)27-14-15-34(42-35(27)36(44)45)43-17-16-26-10-9-11-28(30(26)22-43)37(46)48-33-13-8-7-12-31(33)40-5/h7-15,21,24,32,39,41H,5-6,16-20,22-23H2,1-4H3,(H,44,45)/b29-25+,39-21?. The van der Waals surface area contributed by atoms with E-state index < -0.39 is 5.97 Å². The van der Waals surface area contributed by atoms with Crippen LogP contribution >= 0.6 is 11.8 Å². The number of rotatable bonds is 13. The molecule has 9 nitrogen and oxygen atoms in total. The van der Waals surface area contributed by atoms with Crippen molar-refractivity contribution in [3.05, 3.63) is 88.2 Å². The van der Waals surface area contributed by atoms with Crippen molar-refractivity contribution in [3.63, 3.8) is 0 Å². The number of aromatic nitrogens is 1. The van der Waals surface area contributed by atoms with Crippen LogP contribution < -0.4 is 10.2 Å². The Hall–Kier alpha value is -4.28. The number of carboxylic acids is 1. The number of para-hydroxylation sites is 1. The number of nitrogens with one attached hydrogen (secondary N) is 2. The first kappa shape index (κ1) is 35.0. The van der Waals surface area contributed by atoms with Crippen LogP contribution in [0.4, 0.5) is 11.5 Å². The van der Waals surface area contributed by atoms with Gasteiger partial charge in [-0.2, -0.15) is 0 Å². The van der Waals surface area contributed by atoms with Gasteiger partial charge in [-0.3, -0.25) is 9.79 Å². The maximum Gasteiger partial charge on any atom is 0.355 e. The van der Waals surface area contributed by atoms with Crippen molar-refractivity contribution in [1.29, 1.82) is 5.41 Å². The quantitative estimate of drug-likeness (QED) is 0.124. The lowest BCUT2D eigenvalue weighted by molar-refractivity contribution is 0.0289. The lowest BCUT2D eigenvalue weighted by atomic mass is 9.87. The van der Waals surface area contributed by atoms with E-state index in [0.717, 1.165) is 59.4 Å². The highest BCUT2D eigenvalue weighted by Crippen LogP contribution is 2.43. The number of hydrogen-bond donors (Lipinski definition) is 3. The van der Waals surface area contributed by atoms with Gasteiger partial charge in [0.2, 0.25) is 5.12 Å². The Labute approximate surface area is 287 Å². The van der Waals surface area contributed by atoms with Crippen LogP contribution in [-0.2, 0) is 17.7 Å². The van der Waals surface area contributed by atoms with Crippen molar-refractivity contribution in [2.24, 2.45) is 16.3 Å². The second kappa shape index (κ2) is 15.3. The van der Waals surface area contributed by atoms with E-state index in [4.69, 9.17) is 10.1 Å². The number of fused-ring (bicyclic) bond motifs is 1. The van der Waals surface area contributed by atoms with Crippen molar-refractivity contribution in [3.8, 4) is 0 Å². The van der Waals surface area contributed by atoms with Crippen LogP contribution in [0.5, 0.6) is 0 Å². The van der Waals surface area contributed by atoms with Gasteiger partial charge >= 0.3 is 5.97 Å². The number of carboxylic acid groups (broad SMARTS) is 1. The second-order valence-corrected chi connectivity index (χ2v) is 14.2. The number of aromatic carboxylic acids is 1. The third-order valence-corrected chi connectivity index (χ3v) is 10.4. The first-order valence-corrected chi connectivity index (χ1v) is 17.3. The Morgan fingerprint density at radius 1 is 1.19 bits per heavy atom. The maximum absolute atomic E-state index is 13.5. The van der Waals surface area contributed by atoms with E-state index in [1.165, 1.54) is 6.21 Å². The second-order valence-electron chi connectivity index (χ2n) is 13.1. The van der Waals surface area contributed by atoms with Crippen molar-refractivity contribution in [2.75, 3.05) is 24.6 Å². The summed E-state index contributed by atoms with van der Waals surface area (Å²) in [5.41, 5.74) is 4.79. The lowest BCUT2D eigenvalue weighted by Crippen LogP contribution is -2.32. The van der Waals surface area contributed by atoms with E-state index >= 15 is 0 Å². The highest BCUT2D eigenvalue weighted by Gasteiger charge is 2.40. The average Bonchev–Trinajstić information content (AvgIpc) is 3.39. The van der Waals surface area contributed by atoms with Crippen LogP contribution in [0, 0.1) is 16.7 Å². The van der Waals surface area contributed by atoms with Gasteiger partial charge in [0.25, 0.3) is 0 Å². The summed E-state index contributed by atoms with van der Waals surface area (Å²) in [6, 6.07) is 16.7. The number of anilines is 1. The molecule has 0 saturated heterocycles. The van der Waals surface area contributed by atoms with Crippen LogP contribution in [0.3, 0.4) is 0 Å². The van der Waals surface area contributed by atoms with Crippen molar-refractivity contribution >= 4 is 52.9 Å². The normalized spacial score (nSPS) is 20.9. The van der Waals surface area contributed by atoms with Crippen molar-refractivity contribution in [1.82, 2.24) is 10.3 Å². The molecule has 252 valence electrons. The number of allylic oxidation sites excluding steroid dienone is 2. The number of carbonyl (C=O) groups excluding carboxylic acids is 1. The van der Waals surface area contributed by atoms with Crippen LogP contribution in [0.1, 0.15) is 84.5 Å². The van der Waals surface area contributed by atoms with E-state index in [9.17, 15) is 14.7 Å². The summed E-state index contributed by atoms with van der Waals surface area (Å²) in [6.07, 6.45) is 5.10. The van der Waals surface area contributed by atoms with Crippen molar-refractivity contribution in [2.45, 2.75) is 70.9 Å². The molecule has 1 aromatic heterocycles. The predicted octanol–water partition coefficient (Wildman–Crippen LogP) is 7.81. The van der Waals surface area contributed by atoms with Gasteiger partial charge in [-0.25, -0.2) is 9.78 Å². The Kier molecular flexibility index (Phi) is 11.2. The van der Waals surface area contributed by atoms with Gasteiger partial charge in [0.1, 0.15) is 5.82 Å². The highest BCUT2D eigenvalue weighted by molar-refractivity contribution is 8.14. The first-order chi connectivity index (χ1) is 23.1. The summed E-state index contributed by atoms with van der Waals surface area (Å²) in [7, 11) is 0. The minimum atomic E-state index is -1.16. The number of hydrogen-bond acceptors (Lipinski definition) is 9. The van der Waals surface area contributed by atoms with Crippen LogP contribution in [0.15, 0.2) is 70.2 Å². The van der Waals surface area contributed by atoms with Crippen LogP contribution in [0.25, 0.3) is 5.57 Å². The number of thioether (sulfide) groups is 1. The first-order valence-electron chi connectivity index (χ1n) is 16.5. The zero-order chi connectivity index (χ0) is 34.4. The summed E-state index contributed by atoms with van der Waals surface area (Å²) >= 11 is 1.13. The number of benzene rings is 2. The third-order valence-electron chi connectivity index (χ3n) is 9.44. The van der Waals surface area contributed by atoms with E-state index in [0.29, 0.717) is 60.2 Å². The number of pyridine rings is 1. The molecule has 0 bridgehead atoms. The molecule has 2 aromatic carbocycles. The molecule has 1 saturated carbocycles. The molecule has 48 heavy (non-hydrogen) atoms. The number of ether oxygens (including phenoxy) is 1. The molecule has 3 atom stereocenters. The molecule has 0 spiro atoms. The summed E-state index contributed by atoms with van der Waals surface area (Å²) in [5, 5.41) is 21.9. The zero-order valence-electron chi connectivity index (χ0n) is 28.2. The zero-order valence-corrected chi connectivity index (χ0v) is 29.0. The maximum atomic E-state index is 13.5. The van der Waals surface area contributed by atoms with Gasteiger partial charge in [-0.05, 0) is 97.8 Å². The molecule has 3 unspecified atom stereocenters. The molecule has 0 amide bonds. The summed E-state index contributed by atoms with van der Waals surface area (Å²) in [5.74, 6) is -0.185. The van der Waals surface area contributed by atoms with E-state index in [1.54, 1.807) is 6.07 Å². The largest absolute Gasteiger partial charge is 0.476 e. The SMILES string of the molecule is C=Nc1ccccc1SC(=O)c1cccc2c1CN(c1ccc(/C(C=N)=C(\C)NCC3(C)CC(C)C(OCCC)C3)c(C(=O)O)n1)CC2. The van der Waals surface area contributed by atoms with Crippen LogP contribution in [0.2, 0.25) is 0 Å². The Morgan fingerprint density at radius 2 is 1.98 bits per heavy atom. The van der Waals surface area contributed by atoms with E-state index in [1.807, 2.05) is 60.4 Å². The molecular formula is C38H45N5O4S. The van der Waals surface area contributed by atoms with Gasteiger partial charge in [-0.1, -0.05) is 51.1 Å². The molecule has 1 aliphatic heterocycles. The molecule has 1 fully saturated rings. The number of aliphatic imine (C=N–C) groups is 1. The Bertz CT molecular complexity index is 1740.